The highest BCUT2D eigenvalue weighted by atomic mass is 28.3. The van der Waals surface area contributed by atoms with Crippen molar-refractivity contribution in [1.82, 2.24) is 5.32 Å². The van der Waals surface area contributed by atoms with E-state index in [1.165, 1.54) is 103 Å². The average molecular weight is 374 g/mol. The molecule has 0 heterocycles. The van der Waals surface area contributed by atoms with Crippen LogP contribution in [0.5, 0.6) is 0 Å². The van der Waals surface area contributed by atoms with Crippen LogP contribution in [-0.4, -0.2) is 32.0 Å². The van der Waals surface area contributed by atoms with E-state index < -0.39 is 9.28 Å². The number of hydrogen-bond donors (Lipinski definition) is 3. The summed E-state index contributed by atoms with van der Waals surface area (Å²) >= 11 is 0. The molecule has 0 spiro atoms. The molecule has 0 aliphatic rings. The van der Waals surface area contributed by atoms with Crippen LogP contribution in [0.25, 0.3) is 0 Å². The standard InChI is InChI=1S/C21H47NO2Si/c1-2-3-4-5-6-7-8-9-10-11-12-13-14-15-16-17-19-22-20-18-21-25(23)24/h22-25H,2-21H2,1H3. The molecule has 0 bridgehead atoms. The molecule has 0 atom stereocenters. The van der Waals surface area contributed by atoms with Gasteiger partial charge in [0.1, 0.15) is 0 Å². The van der Waals surface area contributed by atoms with Crippen molar-refractivity contribution >= 4 is 9.28 Å². The Hall–Kier alpha value is 0.0969. The van der Waals surface area contributed by atoms with Gasteiger partial charge in [0.15, 0.2) is 0 Å². The first-order valence-electron chi connectivity index (χ1n) is 11.3. The highest BCUT2D eigenvalue weighted by molar-refractivity contribution is 6.40. The summed E-state index contributed by atoms with van der Waals surface area (Å²) in [6.07, 6.45) is 23.5. The third kappa shape index (κ3) is 24.1. The van der Waals surface area contributed by atoms with Crippen molar-refractivity contribution in [2.45, 2.75) is 122 Å². The molecule has 0 saturated carbocycles. The van der Waals surface area contributed by atoms with E-state index in [1.807, 2.05) is 0 Å². The zero-order chi connectivity index (χ0) is 18.4. The van der Waals surface area contributed by atoms with E-state index >= 15 is 0 Å². The maximum absolute atomic E-state index is 8.87. The number of unbranched alkanes of at least 4 members (excludes halogenated alkanes) is 15. The first-order chi connectivity index (χ1) is 12.3. The number of rotatable bonds is 21. The predicted molar refractivity (Wildman–Crippen MR) is 113 cm³/mol. The molecule has 0 aromatic carbocycles. The zero-order valence-corrected chi connectivity index (χ0v) is 18.3. The lowest BCUT2D eigenvalue weighted by Crippen LogP contribution is -2.19. The van der Waals surface area contributed by atoms with Crippen molar-refractivity contribution in [3.05, 3.63) is 0 Å². The van der Waals surface area contributed by atoms with Crippen LogP contribution in [0.3, 0.4) is 0 Å². The van der Waals surface area contributed by atoms with Crippen LogP contribution in [0.4, 0.5) is 0 Å². The molecule has 152 valence electrons. The normalized spacial score (nSPS) is 11.5. The van der Waals surface area contributed by atoms with Gasteiger partial charge in [-0.25, -0.2) is 0 Å². The number of nitrogens with one attached hydrogen (secondary N) is 1. The van der Waals surface area contributed by atoms with Gasteiger partial charge in [-0.1, -0.05) is 103 Å². The van der Waals surface area contributed by atoms with Gasteiger partial charge >= 0.3 is 9.28 Å². The molecule has 0 aliphatic heterocycles. The van der Waals surface area contributed by atoms with Gasteiger partial charge in [0.2, 0.25) is 0 Å². The van der Waals surface area contributed by atoms with Crippen molar-refractivity contribution in [2.24, 2.45) is 0 Å². The maximum Gasteiger partial charge on any atom is 0.316 e. The van der Waals surface area contributed by atoms with Crippen molar-refractivity contribution in [3.63, 3.8) is 0 Å². The minimum Gasteiger partial charge on any atom is -0.413 e. The summed E-state index contributed by atoms with van der Waals surface area (Å²) < 4.78 is 0. The lowest BCUT2D eigenvalue weighted by atomic mass is 10.0. The minimum absolute atomic E-state index is 0.617. The van der Waals surface area contributed by atoms with Crippen molar-refractivity contribution in [2.75, 3.05) is 13.1 Å². The van der Waals surface area contributed by atoms with Gasteiger partial charge in [-0.2, -0.15) is 0 Å². The quantitative estimate of drug-likeness (QED) is 0.186. The summed E-state index contributed by atoms with van der Waals surface area (Å²) in [6.45, 7) is 4.30. The lowest BCUT2D eigenvalue weighted by Gasteiger charge is -2.05. The molecule has 0 amide bonds. The van der Waals surface area contributed by atoms with Gasteiger partial charge < -0.3 is 14.9 Å². The van der Waals surface area contributed by atoms with Crippen molar-refractivity contribution < 1.29 is 9.59 Å². The topological polar surface area (TPSA) is 52.5 Å². The van der Waals surface area contributed by atoms with Crippen LogP contribution in [0, 0.1) is 0 Å². The fourth-order valence-corrected chi connectivity index (χ4v) is 3.90. The maximum atomic E-state index is 8.87. The highest BCUT2D eigenvalue weighted by Crippen LogP contribution is 2.13. The second-order valence-electron chi connectivity index (χ2n) is 7.68. The molecule has 0 fully saturated rings. The van der Waals surface area contributed by atoms with Crippen LogP contribution in [-0.2, 0) is 0 Å². The first kappa shape index (κ1) is 25.1. The molecule has 0 unspecified atom stereocenters. The molecule has 3 nitrogen and oxygen atoms in total. The van der Waals surface area contributed by atoms with Gasteiger partial charge in [-0.05, 0) is 32.0 Å². The molecule has 25 heavy (non-hydrogen) atoms. The van der Waals surface area contributed by atoms with Crippen LogP contribution in [0.1, 0.15) is 116 Å². The van der Waals surface area contributed by atoms with Crippen LogP contribution in [0.2, 0.25) is 6.04 Å². The van der Waals surface area contributed by atoms with E-state index in [-0.39, 0.29) is 0 Å². The summed E-state index contributed by atoms with van der Waals surface area (Å²) in [5.74, 6) is 0. The van der Waals surface area contributed by atoms with E-state index in [0.717, 1.165) is 19.5 Å². The van der Waals surface area contributed by atoms with Crippen LogP contribution < -0.4 is 5.32 Å². The molecule has 3 N–H and O–H groups in total. The molecule has 0 aliphatic carbocycles. The smallest absolute Gasteiger partial charge is 0.316 e. The monoisotopic (exact) mass is 373 g/mol. The van der Waals surface area contributed by atoms with Gasteiger partial charge in [0.25, 0.3) is 0 Å². The van der Waals surface area contributed by atoms with E-state index in [4.69, 9.17) is 9.59 Å². The zero-order valence-electron chi connectivity index (χ0n) is 17.1. The Kier molecular flexibility index (Phi) is 22.2. The molecule has 0 rings (SSSR count). The second-order valence-corrected chi connectivity index (χ2v) is 9.21. The van der Waals surface area contributed by atoms with Crippen molar-refractivity contribution in [1.29, 1.82) is 0 Å². The van der Waals surface area contributed by atoms with E-state index in [0.29, 0.717) is 6.04 Å². The van der Waals surface area contributed by atoms with E-state index in [1.54, 1.807) is 0 Å². The predicted octanol–water partition coefficient (Wildman–Crippen LogP) is 5.43. The van der Waals surface area contributed by atoms with E-state index in [9.17, 15) is 0 Å². The first-order valence-corrected chi connectivity index (χ1v) is 13.2. The summed E-state index contributed by atoms with van der Waals surface area (Å²) in [4.78, 5) is 17.7. The summed E-state index contributed by atoms with van der Waals surface area (Å²) in [7, 11) is -2.31. The van der Waals surface area contributed by atoms with Gasteiger partial charge in [0.05, 0.1) is 0 Å². The Morgan fingerprint density at radius 3 is 1.28 bits per heavy atom. The molecular formula is C21H47NO2Si. The number of hydrogen-bond acceptors (Lipinski definition) is 3. The third-order valence-corrected chi connectivity index (χ3v) is 5.95. The minimum atomic E-state index is -2.31. The molecule has 0 aromatic heterocycles. The molecule has 0 radical (unpaired) electrons. The second kappa shape index (κ2) is 22.1. The van der Waals surface area contributed by atoms with Gasteiger partial charge in [-0.15, -0.1) is 0 Å². The summed E-state index contributed by atoms with van der Waals surface area (Å²) in [5.41, 5.74) is 0. The van der Waals surface area contributed by atoms with Crippen molar-refractivity contribution in [3.8, 4) is 0 Å². The Morgan fingerprint density at radius 2 is 0.880 bits per heavy atom. The van der Waals surface area contributed by atoms with Gasteiger partial charge in [0, 0.05) is 0 Å². The summed E-state index contributed by atoms with van der Waals surface area (Å²) in [5, 5.41) is 3.39. The van der Waals surface area contributed by atoms with Crippen LogP contribution in [0.15, 0.2) is 0 Å². The van der Waals surface area contributed by atoms with Gasteiger partial charge in [-0.3, -0.25) is 0 Å². The summed E-state index contributed by atoms with van der Waals surface area (Å²) in [6, 6.07) is 0.617. The highest BCUT2D eigenvalue weighted by Gasteiger charge is 1.99. The fourth-order valence-electron chi connectivity index (χ4n) is 3.33. The average Bonchev–Trinajstić information content (AvgIpc) is 2.60. The largest absolute Gasteiger partial charge is 0.413 e. The molecule has 0 saturated heterocycles. The Morgan fingerprint density at radius 1 is 0.520 bits per heavy atom. The fraction of sp³-hybridized carbons (Fsp3) is 1.00. The Bertz CT molecular complexity index is 240. The molecule has 4 heteroatoms. The lowest BCUT2D eigenvalue weighted by molar-refractivity contribution is 0.402. The van der Waals surface area contributed by atoms with E-state index in [2.05, 4.69) is 12.2 Å². The molecular weight excluding hydrogens is 326 g/mol. The third-order valence-electron chi connectivity index (χ3n) is 5.02. The Labute approximate surface area is 159 Å². The SMILES string of the molecule is CCCCCCCCCCCCCCCCCCNCCC[SiH](O)O. The van der Waals surface area contributed by atoms with Crippen LogP contribution >= 0.6 is 0 Å². The Balaban J connectivity index is 2.96. The molecule has 0 aromatic rings.